The van der Waals surface area contributed by atoms with E-state index in [0.29, 0.717) is 13.0 Å². The van der Waals surface area contributed by atoms with Crippen LogP contribution in [0.3, 0.4) is 0 Å². The number of hydrogen-bond donors (Lipinski definition) is 2. The Balaban J connectivity index is 0.00000220. The second kappa shape index (κ2) is 10.3. The maximum atomic E-state index is 11.9. The van der Waals surface area contributed by atoms with Crippen molar-refractivity contribution in [2.75, 3.05) is 38.0 Å². The van der Waals surface area contributed by atoms with Crippen molar-refractivity contribution in [2.24, 2.45) is 0 Å². The molecule has 1 aliphatic heterocycles. The van der Waals surface area contributed by atoms with Crippen LogP contribution < -0.4 is 10.6 Å². The van der Waals surface area contributed by atoms with Crippen molar-refractivity contribution in [2.45, 2.75) is 6.42 Å². The molecule has 22 heavy (non-hydrogen) atoms. The number of benzene rings is 1. The zero-order chi connectivity index (χ0) is 14.4. The molecule has 1 aromatic rings. The molecule has 0 aliphatic carbocycles. The van der Waals surface area contributed by atoms with Crippen LogP contribution in [-0.2, 0) is 4.79 Å². The topological polar surface area (TPSA) is 87.5 Å². The molecule has 1 fully saturated rings. The third-order valence-electron chi connectivity index (χ3n) is 3.24. The molecular formula is C13H20Cl2N4O3. The third kappa shape index (κ3) is 6.15. The van der Waals surface area contributed by atoms with Crippen LogP contribution in [0.15, 0.2) is 24.3 Å². The second-order valence-electron chi connectivity index (χ2n) is 4.66. The number of nitro benzene ring substituents is 1. The summed E-state index contributed by atoms with van der Waals surface area (Å²) in [7, 11) is 0. The Labute approximate surface area is 141 Å². The Morgan fingerprint density at radius 3 is 2.55 bits per heavy atom. The molecular weight excluding hydrogens is 331 g/mol. The van der Waals surface area contributed by atoms with Gasteiger partial charge in [-0.25, -0.2) is 0 Å². The fraction of sp³-hybridized carbons (Fsp3) is 0.462. The van der Waals surface area contributed by atoms with Crippen molar-refractivity contribution in [3.63, 3.8) is 0 Å². The highest BCUT2D eigenvalue weighted by Gasteiger charge is 2.16. The van der Waals surface area contributed by atoms with E-state index >= 15 is 0 Å². The van der Waals surface area contributed by atoms with Crippen LogP contribution in [0.2, 0.25) is 0 Å². The van der Waals surface area contributed by atoms with Gasteiger partial charge in [0, 0.05) is 45.2 Å². The van der Waals surface area contributed by atoms with Gasteiger partial charge in [-0.1, -0.05) is 12.1 Å². The minimum atomic E-state index is -0.494. The summed E-state index contributed by atoms with van der Waals surface area (Å²) in [5.74, 6) is -0.196. The molecule has 0 atom stereocenters. The monoisotopic (exact) mass is 350 g/mol. The lowest BCUT2D eigenvalue weighted by Gasteiger charge is -2.26. The first kappa shape index (κ1) is 20.6. The number of anilines is 1. The maximum Gasteiger partial charge on any atom is 0.292 e. The van der Waals surface area contributed by atoms with Gasteiger partial charge >= 0.3 is 0 Å². The predicted octanol–water partition coefficient (Wildman–Crippen LogP) is 1.67. The Hall–Kier alpha value is -1.41. The van der Waals surface area contributed by atoms with E-state index in [1.54, 1.807) is 18.2 Å². The van der Waals surface area contributed by atoms with Crippen LogP contribution in [0.4, 0.5) is 11.4 Å². The molecule has 9 heteroatoms. The van der Waals surface area contributed by atoms with Crippen LogP contribution >= 0.6 is 24.8 Å². The molecule has 0 aromatic heterocycles. The van der Waals surface area contributed by atoms with Gasteiger partial charge in [-0.3, -0.25) is 14.9 Å². The third-order valence-corrected chi connectivity index (χ3v) is 3.24. The molecule has 0 bridgehead atoms. The van der Waals surface area contributed by atoms with Crippen LogP contribution in [0.5, 0.6) is 0 Å². The van der Waals surface area contributed by atoms with Crippen molar-refractivity contribution in [3.05, 3.63) is 34.4 Å². The largest absolute Gasteiger partial charge is 0.320 e. The van der Waals surface area contributed by atoms with Crippen molar-refractivity contribution >= 4 is 42.1 Å². The molecule has 1 saturated heterocycles. The van der Waals surface area contributed by atoms with Crippen LogP contribution in [0.1, 0.15) is 6.42 Å². The smallest absolute Gasteiger partial charge is 0.292 e. The minimum absolute atomic E-state index is 0. The zero-order valence-electron chi connectivity index (χ0n) is 12.0. The number of piperazine rings is 1. The second-order valence-corrected chi connectivity index (χ2v) is 4.66. The van der Waals surface area contributed by atoms with E-state index in [9.17, 15) is 14.9 Å². The summed E-state index contributed by atoms with van der Waals surface area (Å²) >= 11 is 0. The lowest BCUT2D eigenvalue weighted by molar-refractivity contribution is -0.383. The molecule has 1 aromatic carbocycles. The van der Waals surface area contributed by atoms with Gasteiger partial charge < -0.3 is 15.5 Å². The first-order chi connectivity index (χ1) is 9.66. The van der Waals surface area contributed by atoms with Crippen molar-refractivity contribution in [1.82, 2.24) is 10.2 Å². The number of nitrogens with zero attached hydrogens (tertiary/aromatic N) is 2. The fourth-order valence-electron chi connectivity index (χ4n) is 2.15. The van der Waals surface area contributed by atoms with E-state index in [1.807, 2.05) is 0 Å². The highest BCUT2D eigenvalue weighted by molar-refractivity contribution is 5.93. The number of carbonyl (C=O) groups is 1. The van der Waals surface area contributed by atoms with E-state index in [1.165, 1.54) is 6.07 Å². The van der Waals surface area contributed by atoms with E-state index in [0.717, 1.165) is 26.2 Å². The Morgan fingerprint density at radius 1 is 1.27 bits per heavy atom. The Bertz CT molecular complexity index is 496. The van der Waals surface area contributed by atoms with Gasteiger partial charge in [-0.2, -0.15) is 0 Å². The van der Waals surface area contributed by atoms with Gasteiger partial charge in [0.1, 0.15) is 5.69 Å². The summed E-state index contributed by atoms with van der Waals surface area (Å²) in [6, 6.07) is 6.17. The fourth-order valence-corrected chi connectivity index (χ4v) is 2.15. The number of para-hydroxylation sites is 2. The standard InChI is InChI=1S/C13H18N4O3.2ClH/c18-13(5-8-16-9-6-14-7-10-16)15-11-3-1-2-4-12(11)17(19)20;;/h1-4,14H,5-10H2,(H,15,18);2*1H. The van der Waals surface area contributed by atoms with E-state index in [4.69, 9.17) is 0 Å². The van der Waals surface area contributed by atoms with Crippen molar-refractivity contribution < 1.29 is 9.72 Å². The van der Waals surface area contributed by atoms with Gasteiger partial charge in [-0.15, -0.1) is 24.8 Å². The molecule has 124 valence electrons. The molecule has 0 radical (unpaired) electrons. The number of nitrogens with one attached hydrogen (secondary N) is 2. The number of carbonyl (C=O) groups excluding carboxylic acids is 1. The zero-order valence-corrected chi connectivity index (χ0v) is 13.6. The van der Waals surface area contributed by atoms with Gasteiger partial charge in [-0.05, 0) is 6.07 Å². The van der Waals surface area contributed by atoms with E-state index in [2.05, 4.69) is 15.5 Å². The Morgan fingerprint density at radius 2 is 1.91 bits per heavy atom. The SMILES string of the molecule is Cl.Cl.O=C(CCN1CCNCC1)Nc1ccccc1[N+](=O)[O-]. The summed E-state index contributed by atoms with van der Waals surface area (Å²) in [5.41, 5.74) is 0.172. The molecule has 1 heterocycles. The minimum Gasteiger partial charge on any atom is -0.320 e. The number of rotatable bonds is 5. The van der Waals surface area contributed by atoms with Crippen LogP contribution in [-0.4, -0.2) is 48.5 Å². The number of halogens is 2. The molecule has 2 rings (SSSR count). The highest BCUT2D eigenvalue weighted by atomic mass is 35.5. The Kier molecular flexibility index (Phi) is 9.68. The van der Waals surface area contributed by atoms with Gasteiger partial charge in [0.2, 0.25) is 5.91 Å². The van der Waals surface area contributed by atoms with Crippen LogP contribution in [0, 0.1) is 10.1 Å². The maximum absolute atomic E-state index is 11.9. The average molecular weight is 351 g/mol. The van der Waals surface area contributed by atoms with Crippen LogP contribution in [0.25, 0.3) is 0 Å². The summed E-state index contributed by atoms with van der Waals surface area (Å²) in [4.78, 5) is 24.4. The van der Waals surface area contributed by atoms with Crippen molar-refractivity contribution in [1.29, 1.82) is 0 Å². The summed E-state index contributed by atoms with van der Waals surface area (Å²) in [6.07, 6.45) is 0.339. The number of nitro groups is 1. The summed E-state index contributed by atoms with van der Waals surface area (Å²) in [5, 5.41) is 16.7. The molecule has 1 amide bonds. The highest BCUT2D eigenvalue weighted by Crippen LogP contribution is 2.23. The van der Waals surface area contributed by atoms with Crippen molar-refractivity contribution in [3.8, 4) is 0 Å². The summed E-state index contributed by atoms with van der Waals surface area (Å²) < 4.78 is 0. The lowest BCUT2D eigenvalue weighted by atomic mass is 10.2. The predicted molar refractivity (Wildman–Crippen MR) is 90.1 cm³/mol. The molecule has 1 aliphatic rings. The quantitative estimate of drug-likeness (QED) is 0.622. The molecule has 2 N–H and O–H groups in total. The lowest BCUT2D eigenvalue weighted by Crippen LogP contribution is -2.44. The number of amides is 1. The number of hydrogen-bond acceptors (Lipinski definition) is 5. The molecule has 0 spiro atoms. The first-order valence-corrected chi connectivity index (χ1v) is 6.63. The van der Waals surface area contributed by atoms with E-state index in [-0.39, 0.29) is 42.1 Å². The average Bonchev–Trinajstić information content (AvgIpc) is 2.46. The normalized spacial score (nSPS) is 14.4. The molecule has 0 saturated carbocycles. The van der Waals surface area contributed by atoms with E-state index < -0.39 is 4.92 Å². The first-order valence-electron chi connectivity index (χ1n) is 6.63. The summed E-state index contributed by atoms with van der Waals surface area (Å²) in [6.45, 7) is 4.41. The van der Waals surface area contributed by atoms with Gasteiger partial charge in [0.15, 0.2) is 0 Å². The molecule has 0 unspecified atom stereocenters. The molecule has 7 nitrogen and oxygen atoms in total. The van der Waals surface area contributed by atoms with Gasteiger partial charge in [0.05, 0.1) is 4.92 Å². The van der Waals surface area contributed by atoms with Gasteiger partial charge in [0.25, 0.3) is 5.69 Å².